The van der Waals surface area contributed by atoms with Crippen molar-refractivity contribution >= 4 is 5.69 Å². The van der Waals surface area contributed by atoms with E-state index in [0.717, 1.165) is 29.3 Å². The molecule has 0 amide bonds. The lowest BCUT2D eigenvalue weighted by molar-refractivity contribution is 0.832. The first-order valence-corrected chi connectivity index (χ1v) is 6.20. The summed E-state index contributed by atoms with van der Waals surface area (Å²) < 4.78 is 1.97. The molecule has 0 radical (unpaired) electrons. The smallest absolute Gasteiger partial charge is 0.0832 e. The Morgan fingerprint density at radius 3 is 2.72 bits per heavy atom. The lowest BCUT2D eigenvalue weighted by atomic mass is 10.2. The van der Waals surface area contributed by atoms with E-state index in [1.807, 2.05) is 17.7 Å². The minimum atomic E-state index is 0.620. The predicted molar refractivity (Wildman–Crippen MR) is 75.3 cm³/mol. The van der Waals surface area contributed by atoms with Crippen LogP contribution in [-0.4, -0.2) is 22.9 Å². The van der Waals surface area contributed by atoms with Gasteiger partial charge in [0.2, 0.25) is 0 Å². The number of nitrogens with two attached hydrogens (primary N) is 1. The second-order valence-electron chi connectivity index (χ2n) is 4.51. The molecular weight excluding hydrogens is 224 g/mol. The number of benzene rings is 1. The minimum Gasteiger partial charge on any atom is -0.381 e. The van der Waals surface area contributed by atoms with E-state index in [-0.39, 0.29) is 0 Å². The van der Waals surface area contributed by atoms with Crippen LogP contribution < -0.4 is 11.1 Å². The highest BCUT2D eigenvalue weighted by Gasteiger charge is 2.11. The van der Waals surface area contributed by atoms with Crippen molar-refractivity contribution in [3.8, 4) is 5.69 Å². The lowest BCUT2D eigenvalue weighted by Gasteiger charge is -2.07. The molecule has 2 rings (SSSR count). The van der Waals surface area contributed by atoms with Gasteiger partial charge in [-0.25, -0.2) is 4.68 Å². The van der Waals surface area contributed by atoms with E-state index in [9.17, 15) is 0 Å². The summed E-state index contributed by atoms with van der Waals surface area (Å²) in [5.74, 6) is 0. The van der Waals surface area contributed by atoms with E-state index in [0.29, 0.717) is 6.54 Å². The molecule has 0 saturated carbocycles. The molecule has 18 heavy (non-hydrogen) atoms. The van der Waals surface area contributed by atoms with Crippen molar-refractivity contribution in [3.05, 3.63) is 41.2 Å². The zero-order chi connectivity index (χ0) is 13.1. The minimum absolute atomic E-state index is 0.620. The summed E-state index contributed by atoms with van der Waals surface area (Å²) in [4.78, 5) is 0. The monoisotopic (exact) mass is 244 g/mol. The predicted octanol–water partition coefficient (Wildman–Crippen LogP) is 2.17. The number of nitrogens with one attached hydrogen (secondary N) is 1. The van der Waals surface area contributed by atoms with Gasteiger partial charge in [-0.1, -0.05) is 12.1 Å². The number of rotatable bonds is 4. The molecule has 0 spiro atoms. The quantitative estimate of drug-likeness (QED) is 0.866. The molecule has 0 saturated heterocycles. The first-order valence-electron chi connectivity index (χ1n) is 6.20. The van der Waals surface area contributed by atoms with Crippen LogP contribution in [0.5, 0.6) is 0 Å². The number of hydrogen-bond acceptors (Lipinski definition) is 3. The molecule has 4 nitrogen and oxygen atoms in total. The van der Waals surface area contributed by atoms with Gasteiger partial charge in [0, 0.05) is 13.1 Å². The third kappa shape index (κ3) is 2.38. The molecule has 0 bridgehead atoms. The van der Waals surface area contributed by atoms with E-state index in [4.69, 9.17) is 5.73 Å². The van der Waals surface area contributed by atoms with Gasteiger partial charge in [0.15, 0.2) is 0 Å². The Morgan fingerprint density at radius 1 is 1.28 bits per heavy atom. The fourth-order valence-electron chi connectivity index (χ4n) is 2.11. The van der Waals surface area contributed by atoms with Crippen LogP contribution in [0, 0.1) is 20.8 Å². The highest BCUT2D eigenvalue weighted by molar-refractivity contribution is 5.54. The molecule has 96 valence electrons. The summed E-state index contributed by atoms with van der Waals surface area (Å²) in [6.45, 7) is 7.55. The summed E-state index contributed by atoms with van der Waals surface area (Å²) in [6.07, 6.45) is 0. The SMILES string of the molecule is Cc1cccc(-n2nc(C)c(NCCN)c2C)c1. The van der Waals surface area contributed by atoms with Crippen molar-refractivity contribution in [2.75, 3.05) is 18.4 Å². The van der Waals surface area contributed by atoms with Gasteiger partial charge < -0.3 is 11.1 Å². The van der Waals surface area contributed by atoms with Crippen molar-refractivity contribution in [1.29, 1.82) is 0 Å². The van der Waals surface area contributed by atoms with Gasteiger partial charge in [-0.3, -0.25) is 0 Å². The van der Waals surface area contributed by atoms with E-state index in [2.05, 4.69) is 42.5 Å². The third-order valence-corrected chi connectivity index (χ3v) is 2.98. The van der Waals surface area contributed by atoms with Crippen LogP contribution in [0.1, 0.15) is 17.0 Å². The summed E-state index contributed by atoms with van der Waals surface area (Å²) in [6, 6.07) is 8.34. The van der Waals surface area contributed by atoms with Crippen molar-refractivity contribution < 1.29 is 0 Å². The van der Waals surface area contributed by atoms with Crippen LogP contribution in [0.25, 0.3) is 5.69 Å². The molecule has 0 fully saturated rings. The maximum Gasteiger partial charge on any atom is 0.0832 e. The molecule has 0 unspecified atom stereocenters. The third-order valence-electron chi connectivity index (χ3n) is 2.98. The lowest BCUT2D eigenvalue weighted by Crippen LogP contribution is -2.14. The van der Waals surface area contributed by atoms with E-state index < -0.39 is 0 Å². The number of nitrogens with zero attached hydrogens (tertiary/aromatic N) is 2. The number of anilines is 1. The van der Waals surface area contributed by atoms with Crippen LogP contribution in [0.15, 0.2) is 24.3 Å². The maximum absolute atomic E-state index is 5.52. The second kappa shape index (κ2) is 5.23. The zero-order valence-electron chi connectivity index (χ0n) is 11.2. The highest BCUT2D eigenvalue weighted by atomic mass is 15.3. The molecule has 2 aromatic rings. The zero-order valence-corrected chi connectivity index (χ0v) is 11.2. The van der Waals surface area contributed by atoms with Crippen LogP contribution in [0.2, 0.25) is 0 Å². The number of hydrogen-bond donors (Lipinski definition) is 2. The molecule has 0 aliphatic rings. The average Bonchev–Trinajstić information content (AvgIpc) is 2.63. The van der Waals surface area contributed by atoms with Crippen LogP contribution >= 0.6 is 0 Å². The Balaban J connectivity index is 2.40. The number of aryl methyl sites for hydroxylation is 2. The highest BCUT2D eigenvalue weighted by Crippen LogP contribution is 2.22. The Kier molecular flexibility index (Phi) is 3.67. The fraction of sp³-hybridized carbons (Fsp3) is 0.357. The topological polar surface area (TPSA) is 55.9 Å². The van der Waals surface area contributed by atoms with Crippen LogP contribution in [0.3, 0.4) is 0 Å². The molecule has 1 heterocycles. The average molecular weight is 244 g/mol. The van der Waals surface area contributed by atoms with Gasteiger partial charge in [0.05, 0.1) is 22.8 Å². The van der Waals surface area contributed by atoms with Gasteiger partial charge in [0.1, 0.15) is 0 Å². The first-order chi connectivity index (χ1) is 8.63. The molecule has 1 aromatic carbocycles. The van der Waals surface area contributed by atoms with Gasteiger partial charge in [0.25, 0.3) is 0 Å². The van der Waals surface area contributed by atoms with Gasteiger partial charge in [-0.05, 0) is 38.5 Å². The van der Waals surface area contributed by atoms with Crippen LogP contribution in [-0.2, 0) is 0 Å². The van der Waals surface area contributed by atoms with Crippen LogP contribution in [0.4, 0.5) is 5.69 Å². The van der Waals surface area contributed by atoms with Crippen molar-refractivity contribution in [2.45, 2.75) is 20.8 Å². The molecule has 3 N–H and O–H groups in total. The van der Waals surface area contributed by atoms with Crippen molar-refractivity contribution in [2.24, 2.45) is 5.73 Å². The molecular formula is C14H20N4. The maximum atomic E-state index is 5.52. The van der Waals surface area contributed by atoms with E-state index in [1.165, 1.54) is 5.56 Å². The Morgan fingerprint density at radius 2 is 2.06 bits per heavy atom. The largest absolute Gasteiger partial charge is 0.381 e. The summed E-state index contributed by atoms with van der Waals surface area (Å²) >= 11 is 0. The molecule has 1 aromatic heterocycles. The molecule has 4 heteroatoms. The Labute approximate surface area is 108 Å². The normalized spacial score (nSPS) is 10.7. The summed E-state index contributed by atoms with van der Waals surface area (Å²) in [5, 5.41) is 7.92. The fourth-order valence-corrected chi connectivity index (χ4v) is 2.11. The first kappa shape index (κ1) is 12.6. The Bertz CT molecular complexity index is 543. The van der Waals surface area contributed by atoms with E-state index >= 15 is 0 Å². The van der Waals surface area contributed by atoms with Gasteiger partial charge in [-0.15, -0.1) is 0 Å². The molecule has 0 aliphatic heterocycles. The number of aromatic nitrogens is 2. The van der Waals surface area contributed by atoms with Crippen molar-refractivity contribution in [3.63, 3.8) is 0 Å². The van der Waals surface area contributed by atoms with Gasteiger partial charge in [-0.2, -0.15) is 5.10 Å². The van der Waals surface area contributed by atoms with Crippen molar-refractivity contribution in [1.82, 2.24) is 9.78 Å². The summed E-state index contributed by atoms with van der Waals surface area (Å²) in [5.41, 5.74) is 11.1. The standard InChI is InChI=1S/C14H20N4/c1-10-5-4-6-13(9-10)18-12(3)14(11(2)17-18)16-8-7-15/h4-6,9,16H,7-8,15H2,1-3H3. The summed E-state index contributed by atoms with van der Waals surface area (Å²) in [7, 11) is 0. The van der Waals surface area contributed by atoms with Gasteiger partial charge >= 0.3 is 0 Å². The Hall–Kier alpha value is -1.81. The second-order valence-corrected chi connectivity index (χ2v) is 4.51. The van der Waals surface area contributed by atoms with E-state index in [1.54, 1.807) is 0 Å². The molecule has 0 aliphatic carbocycles. The molecule has 0 atom stereocenters.